The van der Waals surface area contributed by atoms with Gasteiger partial charge in [0.2, 0.25) is 0 Å². The molecule has 18 aromatic rings. The standard InChI is InChI=1S/C109H70N4O2/c1-107(2)86-48-18-14-40-79(86)82-59-57-75(63-95(82)107)98-66-99(113-106(112-98)69-33-10-5-11-34-69)83-43-13-12-39-78(83)84-47-28-55-94-104(84)115-101-64-73(58-60-91(101)108(94)87-49-19-15-41-80(87)81-42-16-20-50-88(81)108)76-45-26-53-92-102(76)85-44-17-21-51-89(85)109(92)90-52-22-23-56-100(90)114-103-77(46-27-54-93(103)109)72-37-24-35-70(61-72)71-36-25-38-74(62-71)97-65-96(67-29-6-3-7-30-67)110-105(111-97)68-31-8-4-9-32-68/h3-66H,1-2H3. The molecule has 0 amide bonds. The second-order valence-electron chi connectivity index (χ2n) is 31.3. The van der Waals surface area contributed by atoms with E-state index in [0.29, 0.717) is 11.6 Å². The summed E-state index contributed by atoms with van der Waals surface area (Å²) in [6.45, 7) is 4.67. The molecule has 2 aliphatic heterocycles. The van der Waals surface area contributed by atoms with E-state index in [0.717, 1.165) is 146 Å². The van der Waals surface area contributed by atoms with Crippen molar-refractivity contribution in [2.24, 2.45) is 0 Å². The Hall–Kier alpha value is -14.7. The van der Waals surface area contributed by atoms with E-state index in [-0.39, 0.29) is 5.41 Å². The van der Waals surface area contributed by atoms with Gasteiger partial charge >= 0.3 is 0 Å². The van der Waals surface area contributed by atoms with Crippen LogP contribution in [0.25, 0.3) is 146 Å². The first-order chi connectivity index (χ1) is 56.7. The van der Waals surface area contributed by atoms with Crippen LogP contribution >= 0.6 is 0 Å². The third kappa shape index (κ3) is 9.95. The highest BCUT2D eigenvalue weighted by Gasteiger charge is 2.54. The molecule has 23 rings (SSSR count). The average molecular weight is 1470 g/mol. The minimum atomic E-state index is -0.785. The van der Waals surface area contributed by atoms with Crippen molar-refractivity contribution in [3.05, 3.63) is 444 Å². The molecule has 0 radical (unpaired) electrons. The quantitative estimate of drug-likeness (QED) is 0.136. The predicted octanol–water partition coefficient (Wildman–Crippen LogP) is 27.2. The van der Waals surface area contributed by atoms with Crippen molar-refractivity contribution in [1.29, 1.82) is 0 Å². The van der Waals surface area contributed by atoms with Crippen molar-refractivity contribution in [2.45, 2.75) is 30.1 Å². The first kappa shape index (κ1) is 66.1. The van der Waals surface area contributed by atoms with Crippen LogP contribution in [0.3, 0.4) is 0 Å². The van der Waals surface area contributed by atoms with Crippen LogP contribution in [0.15, 0.2) is 388 Å². The maximum atomic E-state index is 7.90. The predicted molar refractivity (Wildman–Crippen MR) is 464 cm³/mol. The summed E-state index contributed by atoms with van der Waals surface area (Å²) in [5.41, 5.74) is 35.0. The van der Waals surface area contributed by atoms with Gasteiger partial charge in [-0.15, -0.1) is 0 Å². The Balaban J connectivity index is 0.666. The Bertz CT molecular complexity index is 6980. The molecule has 2 aromatic heterocycles. The average Bonchev–Trinajstić information content (AvgIpc) is 1.52. The van der Waals surface area contributed by atoms with Crippen molar-refractivity contribution in [1.82, 2.24) is 19.9 Å². The van der Waals surface area contributed by atoms with Crippen molar-refractivity contribution in [3.63, 3.8) is 0 Å². The summed E-state index contributed by atoms with van der Waals surface area (Å²) in [6, 6.07) is 141. The third-order valence-corrected chi connectivity index (χ3v) is 24.9. The molecule has 2 spiro atoms. The van der Waals surface area contributed by atoms with Crippen LogP contribution in [0.4, 0.5) is 0 Å². The van der Waals surface area contributed by atoms with E-state index < -0.39 is 10.8 Å². The lowest BCUT2D eigenvalue weighted by Crippen LogP contribution is -2.32. The third-order valence-electron chi connectivity index (χ3n) is 24.9. The fourth-order valence-corrected chi connectivity index (χ4v) is 19.8. The van der Waals surface area contributed by atoms with Gasteiger partial charge in [-0.2, -0.15) is 0 Å². The van der Waals surface area contributed by atoms with Gasteiger partial charge in [-0.1, -0.05) is 360 Å². The molecule has 538 valence electrons. The number of nitrogens with zero attached hydrogens (tertiary/aromatic N) is 4. The first-order valence-corrected chi connectivity index (χ1v) is 39.6. The molecule has 0 saturated carbocycles. The van der Waals surface area contributed by atoms with Crippen LogP contribution in [0.1, 0.15) is 69.5 Å². The van der Waals surface area contributed by atoms with Crippen LogP contribution in [-0.2, 0) is 16.2 Å². The van der Waals surface area contributed by atoms with Gasteiger partial charge in [0.05, 0.1) is 33.6 Å². The van der Waals surface area contributed by atoms with E-state index in [4.69, 9.17) is 29.4 Å². The lowest BCUT2D eigenvalue weighted by Gasteiger charge is -2.40. The second-order valence-corrected chi connectivity index (χ2v) is 31.3. The number of hydrogen-bond acceptors (Lipinski definition) is 6. The molecule has 0 saturated heterocycles. The smallest absolute Gasteiger partial charge is 0.160 e. The molecule has 4 heterocycles. The first-order valence-electron chi connectivity index (χ1n) is 39.6. The number of para-hydroxylation sites is 3. The normalized spacial score (nSPS) is 14.7. The summed E-state index contributed by atoms with van der Waals surface area (Å²) in [7, 11) is 0. The molecule has 1 atom stereocenters. The number of aromatic nitrogens is 4. The minimum absolute atomic E-state index is 0.194. The number of fused-ring (bicyclic) bond motifs is 21. The van der Waals surface area contributed by atoms with Gasteiger partial charge in [0, 0.05) is 72.2 Å². The Morgan fingerprint density at radius 3 is 1.22 bits per heavy atom. The van der Waals surface area contributed by atoms with Crippen molar-refractivity contribution in [3.8, 4) is 169 Å². The van der Waals surface area contributed by atoms with Crippen LogP contribution in [0.2, 0.25) is 0 Å². The maximum Gasteiger partial charge on any atom is 0.160 e. The summed E-state index contributed by atoms with van der Waals surface area (Å²) in [4.78, 5) is 21.3. The van der Waals surface area contributed by atoms with Crippen LogP contribution in [-0.4, -0.2) is 19.9 Å². The monoisotopic (exact) mass is 1470 g/mol. The van der Waals surface area contributed by atoms with Crippen molar-refractivity contribution < 1.29 is 9.47 Å². The molecular weight excluding hydrogens is 1400 g/mol. The molecule has 16 aromatic carbocycles. The zero-order valence-corrected chi connectivity index (χ0v) is 63.1. The molecule has 1 unspecified atom stereocenters. The largest absolute Gasteiger partial charge is 0.456 e. The van der Waals surface area contributed by atoms with Crippen LogP contribution in [0, 0.1) is 0 Å². The molecule has 0 fully saturated rings. The fourth-order valence-electron chi connectivity index (χ4n) is 19.8. The van der Waals surface area contributed by atoms with Gasteiger partial charge < -0.3 is 9.47 Å². The Labute approximate surface area is 667 Å². The summed E-state index contributed by atoms with van der Waals surface area (Å²) < 4.78 is 15.3. The highest BCUT2D eigenvalue weighted by Crippen LogP contribution is 2.67. The van der Waals surface area contributed by atoms with E-state index in [1.807, 2.05) is 30.3 Å². The van der Waals surface area contributed by atoms with Gasteiger partial charge in [-0.05, 0) is 143 Å². The molecule has 0 N–H and O–H groups in total. The molecule has 3 aliphatic carbocycles. The Kier molecular flexibility index (Phi) is 14.8. The van der Waals surface area contributed by atoms with Crippen LogP contribution < -0.4 is 9.47 Å². The zero-order chi connectivity index (χ0) is 76.1. The van der Waals surface area contributed by atoms with E-state index in [9.17, 15) is 0 Å². The molecular formula is C109H70N4O2. The topological polar surface area (TPSA) is 70.0 Å². The summed E-state index contributed by atoms with van der Waals surface area (Å²) >= 11 is 0. The van der Waals surface area contributed by atoms with Crippen LogP contribution in [0.5, 0.6) is 23.0 Å². The number of hydrogen-bond donors (Lipinski definition) is 0. The molecule has 5 aliphatic rings. The number of benzene rings is 16. The summed E-state index contributed by atoms with van der Waals surface area (Å²) in [6.07, 6.45) is 0. The molecule has 0 bridgehead atoms. The van der Waals surface area contributed by atoms with Gasteiger partial charge in [-0.3, -0.25) is 0 Å². The summed E-state index contributed by atoms with van der Waals surface area (Å²) in [5, 5.41) is 0. The highest BCUT2D eigenvalue weighted by molar-refractivity contribution is 6.00. The van der Waals surface area contributed by atoms with Gasteiger partial charge in [0.25, 0.3) is 0 Å². The molecule has 6 heteroatoms. The van der Waals surface area contributed by atoms with Crippen molar-refractivity contribution in [2.75, 3.05) is 0 Å². The number of rotatable bonds is 10. The lowest BCUT2D eigenvalue weighted by atomic mass is 9.65. The van der Waals surface area contributed by atoms with E-state index in [1.165, 1.54) is 66.8 Å². The summed E-state index contributed by atoms with van der Waals surface area (Å²) in [5.74, 6) is 4.58. The van der Waals surface area contributed by atoms with Crippen molar-refractivity contribution >= 4 is 0 Å². The van der Waals surface area contributed by atoms with Gasteiger partial charge in [0.1, 0.15) is 23.0 Å². The van der Waals surface area contributed by atoms with E-state index in [2.05, 4.69) is 372 Å². The number of ether oxygens (including phenoxy) is 2. The van der Waals surface area contributed by atoms with E-state index >= 15 is 0 Å². The molecule has 6 nitrogen and oxygen atoms in total. The molecule has 115 heavy (non-hydrogen) atoms. The van der Waals surface area contributed by atoms with Gasteiger partial charge in [0.15, 0.2) is 11.6 Å². The highest BCUT2D eigenvalue weighted by atomic mass is 16.5. The zero-order valence-electron chi connectivity index (χ0n) is 63.1. The Morgan fingerprint density at radius 1 is 0.191 bits per heavy atom. The fraction of sp³-hybridized carbons (Fsp3) is 0.0459. The maximum absolute atomic E-state index is 7.90. The van der Waals surface area contributed by atoms with Gasteiger partial charge in [-0.25, -0.2) is 19.9 Å². The Morgan fingerprint density at radius 2 is 0.565 bits per heavy atom. The minimum Gasteiger partial charge on any atom is -0.456 e. The van der Waals surface area contributed by atoms with E-state index in [1.54, 1.807) is 0 Å². The lowest BCUT2D eigenvalue weighted by molar-refractivity contribution is 0.438. The SMILES string of the molecule is CC1(C)c2ccccc2-c2ccc(-c3cc(-c4ccccc4-c4cccc5c4Oc4cc(-c6cccc7c6-c6ccccc6C76c7ccccc7Oc7c(-c8cccc(-c9cccc(-c%10cc(-c%11ccccc%11)nc(-c%11ccccc%11)n%10)c9)c8)cccc76)ccc4C54c5ccccc5-c5ccccc54)nc(-c4ccccc4)n3)cc21. The second kappa shape index (κ2) is 25.7.